The number of benzene rings is 1. The van der Waals surface area contributed by atoms with Gasteiger partial charge in [0.2, 0.25) is 10.0 Å². The van der Waals surface area contributed by atoms with Crippen LogP contribution in [0, 0.1) is 5.92 Å². The summed E-state index contributed by atoms with van der Waals surface area (Å²) in [4.78, 5) is 2.39. The average Bonchev–Trinajstić information content (AvgIpc) is 2.49. The van der Waals surface area contributed by atoms with Crippen LogP contribution in [0.25, 0.3) is 0 Å². The van der Waals surface area contributed by atoms with Gasteiger partial charge in [0.15, 0.2) is 0 Å². The molecule has 1 aliphatic rings. The maximum atomic E-state index is 11.7. The third kappa shape index (κ3) is 5.54. The Morgan fingerprint density at radius 1 is 1.27 bits per heavy atom. The Morgan fingerprint density at radius 2 is 1.95 bits per heavy atom. The van der Waals surface area contributed by atoms with E-state index < -0.39 is 10.0 Å². The van der Waals surface area contributed by atoms with Crippen LogP contribution < -0.4 is 4.72 Å². The first-order valence-corrected chi connectivity index (χ1v) is 9.96. The van der Waals surface area contributed by atoms with Crippen LogP contribution in [0.5, 0.6) is 0 Å². The van der Waals surface area contributed by atoms with Gasteiger partial charge in [-0.1, -0.05) is 36.7 Å². The molecule has 1 aromatic carbocycles. The van der Waals surface area contributed by atoms with Gasteiger partial charge in [-0.3, -0.25) is 4.90 Å². The van der Waals surface area contributed by atoms with E-state index in [-0.39, 0.29) is 5.75 Å². The van der Waals surface area contributed by atoms with Gasteiger partial charge in [-0.2, -0.15) is 0 Å². The molecule has 0 saturated carbocycles. The van der Waals surface area contributed by atoms with Crippen molar-refractivity contribution in [3.8, 4) is 0 Å². The molecule has 2 rings (SSSR count). The van der Waals surface area contributed by atoms with Crippen LogP contribution in [0.2, 0.25) is 5.02 Å². The Bertz CT molecular complexity index is 569. The van der Waals surface area contributed by atoms with E-state index in [2.05, 4.69) is 15.7 Å². The van der Waals surface area contributed by atoms with Gasteiger partial charge in [-0.15, -0.1) is 0 Å². The van der Waals surface area contributed by atoms with Crippen molar-refractivity contribution in [1.29, 1.82) is 0 Å². The lowest BCUT2D eigenvalue weighted by atomic mass is 9.97. The third-order valence-corrected chi connectivity index (χ3v) is 6.04. The fraction of sp³-hybridized carbons (Fsp3) is 0.625. The Balaban J connectivity index is 1.75. The molecule has 124 valence electrons. The molecule has 0 unspecified atom stereocenters. The minimum absolute atomic E-state index is 0.221. The average molecular weight is 345 g/mol. The zero-order chi connectivity index (χ0) is 16.0. The molecule has 1 fully saturated rings. The molecule has 1 aliphatic heterocycles. The van der Waals surface area contributed by atoms with E-state index in [1.807, 2.05) is 25.1 Å². The van der Waals surface area contributed by atoms with Gasteiger partial charge in [0.1, 0.15) is 0 Å². The number of hydrogen-bond acceptors (Lipinski definition) is 3. The number of piperidine rings is 1. The van der Waals surface area contributed by atoms with Crippen molar-refractivity contribution in [2.24, 2.45) is 5.92 Å². The number of nitrogens with zero attached hydrogens (tertiary/aromatic N) is 1. The molecule has 0 spiro atoms. The number of rotatable bonds is 7. The largest absolute Gasteiger partial charge is 0.299 e. The predicted octanol–water partition coefficient (Wildman–Crippen LogP) is 2.88. The Hall–Kier alpha value is -0.620. The lowest BCUT2D eigenvalue weighted by molar-refractivity contribution is 0.178. The van der Waals surface area contributed by atoms with Crippen LogP contribution in [0.1, 0.15) is 31.7 Å². The van der Waals surface area contributed by atoms with E-state index >= 15 is 0 Å². The van der Waals surface area contributed by atoms with E-state index in [0.29, 0.717) is 18.9 Å². The van der Waals surface area contributed by atoms with Crippen molar-refractivity contribution in [3.63, 3.8) is 0 Å². The quantitative estimate of drug-likeness (QED) is 0.827. The third-order valence-electron chi connectivity index (χ3n) is 4.12. The first-order chi connectivity index (χ1) is 10.5. The zero-order valence-corrected chi connectivity index (χ0v) is 14.7. The zero-order valence-electron chi connectivity index (χ0n) is 13.1. The highest BCUT2D eigenvalue weighted by Gasteiger charge is 2.21. The van der Waals surface area contributed by atoms with Crippen LogP contribution in [0.15, 0.2) is 24.3 Å². The van der Waals surface area contributed by atoms with E-state index in [9.17, 15) is 8.42 Å². The second kappa shape index (κ2) is 8.29. The highest BCUT2D eigenvalue weighted by molar-refractivity contribution is 7.89. The molecule has 0 bridgehead atoms. The molecule has 1 heterocycles. The van der Waals surface area contributed by atoms with Crippen LogP contribution in [-0.2, 0) is 16.6 Å². The van der Waals surface area contributed by atoms with Gasteiger partial charge in [0.25, 0.3) is 0 Å². The van der Waals surface area contributed by atoms with Crippen LogP contribution in [-0.4, -0.2) is 38.7 Å². The molecule has 0 aliphatic carbocycles. The molecular formula is C16H25ClN2O2S. The molecule has 0 radical (unpaired) electrons. The summed E-state index contributed by atoms with van der Waals surface area (Å²) in [6.07, 6.45) is 2.71. The highest BCUT2D eigenvalue weighted by atomic mass is 35.5. The molecule has 1 N–H and O–H groups in total. The van der Waals surface area contributed by atoms with Crippen LogP contribution in [0.4, 0.5) is 0 Å². The van der Waals surface area contributed by atoms with Gasteiger partial charge in [0.05, 0.1) is 5.75 Å². The number of nitrogens with one attached hydrogen (secondary N) is 1. The van der Waals surface area contributed by atoms with E-state index in [1.54, 1.807) is 0 Å². The first kappa shape index (κ1) is 17.7. The molecule has 1 saturated heterocycles. The lowest BCUT2D eigenvalue weighted by Gasteiger charge is -2.32. The van der Waals surface area contributed by atoms with Crippen molar-refractivity contribution >= 4 is 21.6 Å². The minimum atomic E-state index is -3.08. The summed E-state index contributed by atoms with van der Waals surface area (Å²) < 4.78 is 26.1. The van der Waals surface area contributed by atoms with E-state index in [4.69, 9.17) is 11.6 Å². The molecule has 0 atom stereocenters. The lowest BCUT2D eigenvalue weighted by Crippen LogP contribution is -2.38. The summed E-state index contributed by atoms with van der Waals surface area (Å²) in [6, 6.07) is 7.94. The summed E-state index contributed by atoms with van der Waals surface area (Å²) in [5.41, 5.74) is 1.16. The fourth-order valence-electron chi connectivity index (χ4n) is 2.80. The van der Waals surface area contributed by atoms with Crippen molar-refractivity contribution in [2.45, 2.75) is 32.7 Å². The van der Waals surface area contributed by atoms with Crippen molar-refractivity contribution in [3.05, 3.63) is 34.9 Å². The summed E-state index contributed by atoms with van der Waals surface area (Å²) in [7, 11) is -3.08. The SMILES string of the molecule is CCCS(=O)(=O)NCC1CCN(Cc2ccccc2Cl)CC1. The number of halogens is 1. The first-order valence-electron chi connectivity index (χ1n) is 7.93. The topological polar surface area (TPSA) is 49.4 Å². The number of likely N-dealkylation sites (tertiary alicyclic amines) is 1. The van der Waals surface area contributed by atoms with Crippen molar-refractivity contribution in [2.75, 3.05) is 25.4 Å². The number of hydrogen-bond donors (Lipinski definition) is 1. The summed E-state index contributed by atoms with van der Waals surface area (Å²) in [5, 5.41) is 0.817. The number of sulfonamides is 1. The second-order valence-corrected chi connectivity index (χ2v) is 8.31. The van der Waals surface area contributed by atoms with Crippen LogP contribution in [0.3, 0.4) is 0 Å². The van der Waals surface area contributed by atoms with Crippen molar-refractivity contribution < 1.29 is 8.42 Å². The standard InChI is InChI=1S/C16H25ClN2O2S/c1-2-11-22(20,21)18-12-14-7-9-19(10-8-14)13-15-5-3-4-6-16(15)17/h3-6,14,18H,2,7-13H2,1H3. The predicted molar refractivity (Wildman–Crippen MR) is 91.5 cm³/mol. The highest BCUT2D eigenvalue weighted by Crippen LogP contribution is 2.22. The molecule has 4 nitrogen and oxygen atoms in total. The molecular weight excluding hydrogens is 320 g/mol. The van der Waals surface area contributed by atoms with Crippen molar-refractivity contribution in [1.82, 2.24) is 9.62 Å². The van der Waals surface area contributed by atoms with Gasteiger partial charge >= 0.3 is 0 Å². The normalized spacial score (nSPS) is 17.7. The Labute approximate surface area is 138 Å². The second-order valence-electron chi connectivity index (χ2n) is 5.98. The molecule has 22 heavy (non-hydrogen) atoms. The Morgan fingerprint density at radius 3 is 2.59 bits per heavy atom. The smallest absolute Gasteiger partial charge is 0.211 e. The van der Waals surface area contributed by atoms with Gasteiger partial charge in [-0.25, -0.2) is 13.1 Å². The van der Waals surface area contributed by atoms with Gasteiger partial charge in [-0.05, 0) is 49.9 Å². The fourth-order valence-corrected chi connectivity index (χ4v) is 4.17. The molecule has 0 aromatic heterocycles. The Kier molecular flexibility index (Phi) is 6.68. The minimum Gasteiger partial charge on any atom is -0.299 e. The van der Waals surface area contributed by atoms with Gasteiger partial charge in [0, 0.05) is 18.1 Å². The summed E-state index contributed by atoms with van der Waals surface area (Å²) in [6.45, 7) is 5.31. The van der Waals surface area contributed by atoms with Crippen LogP contribution >= 0.6 is 11.6 Å². The summed E-state index contributed by atoms with van der Waals surface area (Å²) >= 11 is 6.20. The van der Waals surface area contributed by atoms with E-state index in [0.717, 1.165) is 43.1 Å². The summed E-state index contributed by atoms with van der Waals surface area (Å²) in [5.74, 6) is 0.660. The maximum absolute atomic E-state index is 11.7. The van der Waals surface area contributed by atoms with Gasteiger partial charge < -0.3 is 0 Å². The molecule has 0 amide bonds. The maximum Gasteiger partial charge on any atom is 0.211 e. The monoisotopic (exact) mass is 344 g/mol. The molecule has 6 heteroatoms. The molecule has 1 aromatic rings. The van der Waals surface area contributed by atoms with E-state index in [1.165, 1.54) is 0 Å².